The van der Waals surface area contributed by atoms with E-state index in [0.717, 1.165) is 19.6 Å². The van der Waals surface area contributed by atoms with E-state index in [4.69, 9.17) is 4.74 Å². The lowest BCUT2D eigenvalue weighted by molar-refractivity contribution is -0.0837. The lowest BCUT2D eigenvalue weighted by Gasteiger charge is -2.38. The molecule has 1 spiro atoms. The standard InChI is InChI=1S/C16H24N2O/c1-13-4-8-17-11-14(13)12-18-15-5-9-19-16(10-15)6-2-3-7-16/h4,8,11,15,18H,2-3,5-7,9-10,12H2,1H3. The van der Waals surface area contributed by atoms with Crippen molar-refractivity contribution in [3.05, 3.63) is 29.6 Å². The summed E-state index contributed by atoms with van der Waals surface area (Å²) in [5.41, 5.74) is 2.85. The Kier molecular flexibility index (Phi) is 3.85. The molecule has 0 amide bonds. The van der Waals surface area contributed by atoms with Crippen LogP contribution in [0.15, 0.2) is 18.5 Å². The van der Waals surface area contributed by atoms with Gasteiger partial charge in [0.05, 0.1) is 5.60 Å². The number of nitrogens with zero attached hydrogens (tertiary/aromatic N) is 1. The van der Waals surface area contributed by atoms with Crippen LogP contribution in [-0.4, -0.2) is 23.2 Å². The zero-order valence-electron chi connectivity index (χ0n) is 11.8. The highest BCUT2D eigenvalue weighted by Gasteiger charge is 2.39. The average molecular weight is 260 g/mol. The van der Waals surface area contributed by atoms with Crippen molar-refractivity contribution in [2.24, 2.45) is 0 Å². The molecule has 1 aliphatic heterocycles. The molecule has 1 aromatic rings. The Morgan fingerprint density at radius 2 is 2.26 bits per heavy atom. The van der Waals surface area contributed by atoms with Gasteiger partial charge in [0.2, 0.25) is 0 Å². The van der Waals surface area contributed by atoms with Gasteiger partial charge < -0.3 is 10.1 Å². The number of ether oxygens (including phenoxy) is 1. The van der Waals surface area contributed by atoms with Gasteiger partial charge in [-0.1, -0.05) is 12.8 Å². The highest BCUT2D eigenvalue weighted by molar-refractivity contribution is 5.21. The van der Waals surface area contributed by atoms with E-state index in [-0.39, 0.29) is 5.60 Å². The lowest BCUT2D eigenvalue weighted by Crippen LogP contribution is -2.45. The molecule has 0 radical (unpaired) electrons. The Bertz CT molecular complexity index is 427. The number of nitrogens with one attached hydrogen (secondary N) is 1. The molecule has 1 aliphatic carbocycles. The molecule has 1 N–H and O–H groups in total. The van der Waals surface area contributed by atoms with E-state index in [2.05, 4.69) is 23.3 Å². The van der Waals surface area contributed by atoms with Crippen molar-refractivity contribution >= 4 is 0 Å². The number of aromatic nitrogens is 1. The van der Waals surface area contributed by atoms with Gasteiger partial charge in [-0.3, -0.25) is 4.98 Å². The van der Waals surface area contributed by atoms with Crippen LogP contribution in [0.4, 0.5) is 0 Å². The Morgan fingerprint density at radius 1 is 1.42 bits per heavy atom. The molecule has 1 aromatic heterocycles. The Hall–Kier alpha value is -0.930. The Labute approximate surface area is 115 Å². The van der Waals surface area contributed by atoms with Crippen molar-refractivity contribution in [1.82, 2.24) is 10.3 Å². The van der Waals surface area contributed by atoms with E-state index in [9.17, 15) is 0 Å². The topological polar surface area (TPSA) is 34.2 Å². The molecule has 19 heavy (non-hydrogen) atoms. The number of hydrogen-bond donors (Lipinski definition) is 1. The minimum Gasteiger partial charge on any atom is -0.375 e. The smallest absolute Gasteiger partial charge is 0.0697 e. The van der Waals surface area contributed by atoms with Crippen LogP contribution in [0, 0.1) is 6.92 Å². The molecule has 0 aromatic carbocycles. The van der Waals surface area contributed by atoms with Gasteiger partial charge in [-0.25, -0.2) is 0 Å². The average Bonchev–Trinajstić information content (AvgIpc) is 2.86. The predicted octanol–water partition coefficient (Wildman–Crippen LogP) is 2.97. The normalized spacial score (nSPS) is 25.8. The summed E-state index contributed by atoms with van der Waals surface area (Å²) in [6, 6.07) is 2.69. The molecule has 2 heterocycles. The van der Waals surface area contributed by atoms with Crippen molar-refractivity contribution in [2.75, 3.05) is 6.61 Å². The molecule has 1 saturated heterocycles. The van der Waals surface area contributed by atoms with Crippen LogP contribution in [-0.2, 0) is 11.3 Å². The summed E-state index contributed by atoms with van der Waals surface area (Å²) in [4.78, 5) is 4.22. The van der Waals surface area contributed by atoms with Crippen LogP contribution in [0.2, 0.25) is 0 Å². The number of rotatable bonds is 3. The number of aryl methyl sites for hydroxylation is 1. The number of pyridine rings is 1. The van der Waals surface area contributed by atoms with E-state index in [1.807, 2.05) is 12.4 Å². The van der Waals surface area contributed by atoms with Gasteiger partial charge in [0, 0.05) is 31.6 Å². The first-order valence-electron chi connectivity index (χ1n) is 7.54. The van der Waals surface area contributed by atoms with E-state index in [1.165, 1.54) is 43.2 Å². The summed E-state index contributed by atoms with van der Waals surface area (Å²) in [5, 5.41) is 3.71. The maximum Gasteiger partial charge on any atom is 0.0697 e. The van der Waals surface area contributed by atoms with Crippen LogP contribution in [0.1, 0.15) is 49.7 Å². The summed E-state index contributed by atoms with van der Waals surface area (Å²) >= 11 is 0. The summed E-state index contributed by atoms with van der Waals surface area (Å²) < 4.78 is 6.08. The quantitative estimate of drug-likeness (QED) is 0.907. The van der Waals surface area contributed by atoms with Gasteiger partial charge in [-0.15, -0.1) is 0 Å². The fraction of sp³-hybridized carbons (Fsp3) is 0.688. The second-order valence-corrected chi connectivity index (χ2v) is 6.11. The first-order chi connectivity index (χ1) is 9.27. The maximum absolute atomic E-state index is 6.08. The van der Waals surface area contributed by atoms with Gasteiger partial charge in [0.15, 0.2) is 0 Å². The lowest BCUT2D eigenvalue weighted by atomic mass is 9.89. The van der Waals surface area contributed by atoms with Crippen LogP contribution in [0.3, 0.4) is 0 Å². The van der Waals surface area contributed by atoms with E-state index >= 15 is 0 Å². The SMILES string of the molecule is Cc1ccncc1CNC1CCOC2(CCCC2)C1. The second-order valence-electron chi connectivity index (χ2n) is 6.11. The van der Waals surface area contributed by atoms with Gasteiger partial charge in [0.25, 0.3) is 0 Å². The molecular formula is C16H24N2O. The minimum atomic E-state index is 0.208. The molecule has 3 rings (SSSR count). The zero-order chi connectivity index (χ0) is 13.1. The monoisotopic (exact) mass is 260 g/mol. The van der Waals surface area contributed by atoms with Crippen LogP contribution in [0.5, 0.6) is 0 Å². The molecule has 0 bridgehead atoms. The van der Waals surface area contributed by atoms with E-state index < -0.39 is 0 Å². The fourth-order valence-corrected chi connectivity index (χ4v) is 3.51. The van der Waals surface area contributed by atoms with Gasteiger partial charge >= 0.3 is 0 Å². The van der Waals surface area contributed by atoms with Crippen molar-refractivity contribution in [3.8, 4) is 0 Å². The Balaban J connectivity index is 1.57. The third kappa shape index (κ3) is 2.98. The molecule has 2 fully saturated rings. The van der Waals surface area contributed by atoms with Gasteiger partial charge in [0.1, 0.15) is 0 Å². The third-order valence-corrected chi connectivity index (χ3v) is 4.74. The van der Waals surface area contributed by atoms with Crippen LogP contribution >= 0.6 is 0 Å². The summed E-state index contributed by atoms with van der Waals surface area (Å²) in [6.07, 6.45) is 11.4. The highest BCUT2D eigenvalue weighted by Crippen LogP contribution is 2.39. The van der Waals surface area contributed by atoms with Crippen molar-refractivity contribution in [2.45, 2.75) is 63.6 Å². The first kappa shape index (κ1) is 13.1. The summed E-state index contributed by atoms with van der Waals surface area (Å²) in [6.45, 7) is 4.01. The third-order valence-electron chi connectivity index (χ3n) is 4.74. The van der Waals surface area contributed by atoms with Crippen molar-refractivity contribution in [1.29, 1.82) is 0 Å². The number of hydrogen-bond acceptors (Lipinski definition) is 3. The van der Waals surface area contributed by atoms with E-state index in [0.29, 0.717) is 6.04 Å². The molecule has 3 heteroatoms. The zero-order valence-corrected chi connectivity index (χ0v) is 11.8. The van der Waals surface area contributed by atoms with E-state index in [1.54, 1.807) is 0 Å². The largest absolute Gasteiger partial charge is 0.375 e. The first-order valence-corrected chi connectivity index (χ1v) is 7.54. The van der Waals surface area contributed by atoms with Crippen LogP contribution in [0.25, 0.3) is 0 Å². The predicted molar refractivity (Wildman–Crippen MR) is 76.0 cm³/mol. The van der Waals surface area contributed by atoms with Crippen molar-refractivity contribution in [3.63, 3.8) is 0 Å². The van der Waals surface area contributed by atoms with Crippen LogP contribution < -0.4 is 5.32 Å². The fourth-order valence-electron chi connectivity index (χ4n) is 3.51. The highest BCUT2D eigenvalue weighted by atomic mass is 16.5. The minimum absolute atomic E-state index is 0.208. The molecule has 1 saturated carbocycles. The van der Waals surface area contributed by atoms with Gasteiger partial charge in [-0.2, -0.15) is 0 Å². The Morgan fingerprint density at radius 3 is 3.05 bits per heavy atom. The maximum atomic E-state index is 6.08. The molecular weight excluding hydrogens is 236 g/mol. The molecule has 3 nitrogen and oxygen atoms in total. The molecule has 1 unspecified atom stereocenters. The van der Waals surface area contributed by atoms with Crippen molar-refractivity contribution < 1.29 is 4.74 Å². The second kappa shape index (κ2) is 5.59. The van der Waals surface area contributed by atoms with Gasteiger partial charge in [-0.05, 0) is 49.8 Å². The molecule has 104 valence electrons. The summed E-state index contributed by atoms with van der Waals surface area (Å²) in [7, 11) is 0. The summed E-state index contributed by atoms with van der Waals surface area (Å²) in [5.74, 6) is 0. The molecule has 2 aliphatic rings. The molecule has 1 atom stereocenters.